The minimum atomic E-state index is -0.610. The summed E-state index contributed by atoms with van der Waals surface area (Å²) in [5.74, 6) is -0.384. The summed E-state index contributed by atoms with van der Waals surface area (Å²) >= 11 is 0. The van der Waals surface area contributed by atoms with Crippen LogP contribution in [0.1, 0.15) is 17.0 Å². The van der Waals surface area contributed by atoms with Gasteiger partial charge in [-0.15, -0.1) is 0 Å². The van der Waals surface area contributed by atoms with Crippen molar-refractivity contribution in [1.82, 2.24) is 9.78 Å². The minimum absolute atomic E-state index is 0.372. The lowest BCUT2D eigenvalue weighted by molar-refractivity contribution is -0.142. The lowest BCUT2D eigenvalue weighted by atomic mass is 10.2. The number of anilines is 1. The van der Waals surface area contributed by atoms with Gasteiger partial charge >= 0.3 is 5.97 Å². The second-order valence-corrected chi connectivity index (χ2v) is 5.40. The fourth-order valence-corrected chi connectivity index (χ4v) is 2.28. The molecule has 0 radical (unpaired) electrons. The quantitative estimate of drug-likeness (QED) is 0.642. The second-order valence-electron chi connectivity index (χ2n) is 5.40. The van der Waals surface area contributed by atoms with E-state index in [1.165, 1.54) is 6.08 Å². The number of benzene rings is 1. The van der Waals surface area contributed by atoms with Crippen LogP contribution in [0, 0.1) is 13.8 Å². The number of carbonyl (C=O) groups is 2. The number of methoxy groups -OCH3 is 1. The lowest BCUT2D eigenvalue weighted by Crippen LogP contribution is -2.20. The highest BCUT2D eigenvalue weighted by molar-refractivity contribution is 5.95. The maximum absolute atomic E-state index is 11.9. The van der Waals surface area contributed by atoms with Crippen molar-refractivity contribution >= 4 is 23.6 Å². The molecule has 0 saturated carbocycles. The number of hydrogen-bond acceptors (Lipinski definition) is 5. The van der Waals surface area contributed by atoms with E-state index in [2.05, 4.69) is 10.4 Å². The van der Waals surface area contributed by atoms with Crippen molar-refractivity contribution in [2.75, 3.05) is 19.0 Å². The molecule has 7 heteroatoms. The number of nitrogens with zero attached hydrogens (tertiary/aromatic N) is 2. The molecule has 0 unspecified atom stereocenters. The Morgan fingerprint density at radius 1 is 1.28 bits per heavy atom. The molecule has 0 bridgehead atoms. The molecule has 0 aliphatic carbocycles. The number of carbonyl (C=O) groups excluding carboxylic acids is 2. The van der Waals surface area contributed by atoms with Gasteiger partial charge in [-0.05, 0) is 26.0 Å². The number of aryl methyl sites for hydroxylation is 2. The number of esters is 1. The minimum Gasteiger partial charge on any atom is -0.496 e. The topological polar surface area (TPSA) is 82.4 Å². The fourth-order valence-electron chi connectivity index (χ4n) is 2.28. The Kier molecular flexibility index (Phi) is 5.94. The molecule has 0 aliphatic heterocycles. The Labute approximate surface area is 146 Å². The van der Waals surface area contributed by atoms with Crippen LogP contribution in [0.4, 0.5) is 5.69 Å². The first kappa shape index (κ1) is 18.3. The summed E-state index contributed by atoms with van der Waals surface area (Å²) in [7, 11) is 3.35. The standard InChI is InChI=1S/C18H21N3O4/c1-12-18(13(2)21(3)20-12)19-16(22)11-25-17(23)10-9-14-7-5-6-8-15(14)24-4/h5-10H,11H2,1-4H3,(H,19,22)/b10-9+. The van der Waals surface area contributed by atoms with Crippen molar-refractivity contribution < 1.29 is 19.1 Å². The Bertz CT molecular complexity index is 809. The highest BCUT2D eigenvalue weighted by Crippen LogP contribution is 2.19. The summed E-state index contributed by atoms with van der Waals surface area (Å²) in [6, 6.07) is 7.26. The number of ether oxygens (including phenoxy) is 2. The summed E-state index contributed by atoms with van der Waals surface area (Å²) in [4.78, 5) is 23.7. The third-order valence-corrected chi connectivity index (χ3v) is 3.66. The number of para-hydroxylation sites is 1. The Balaban J connectivity index is 1.89. The number of amides is 1. The molecule has 7 nitrogen and oxygen atoms in total. The SMILES string of the molecule is COc1ccccc1/C=C/C(=O)OCC(=O)Nc1c(C)nn(C)c1C. The molecule has 0 fully saturated rings. The molecule has 2 rings (SSSR count). The van der Waals surface area contributed by atoms with Gasteiger partial charge in [-0.3, -0.25) is 9.48 Å². The third-order valence-electron chi connectivity index (χ3n) is 3.66. The highest BCUT2D eigenvalue weighted by atomic mass is 16.5. The zero-order chi connectivity index (χ0) is 18.4. The van der Waals surface area contributed by atoms with Gasteiger partial charge in [0, 0.05) is 18.7 Å². The highest BCUT2D eigenvalue weighted by Gasteiger charge is 2.13. The van der Waals surface area contributed by atoms with E-state index >= 15 is 0 Å². The van der Waals surface area contributed by atoms with Crippen LogP contribution in [0.3, 0.4) is 0 Å². The van der Waals surface area contributed by atoms with E-state index in [-0.39, 0.29) is 6.61 Å². The second kappa shape index (κ2) is 8.14. The molecule has 0 spiro atoms. The molecule has 0 atom stereocenters. The van der Waals surface area contributed by atoms with E-state index in [0.29, 0.717) is 17.1 Å². The maximum atomic E-state index is 11.9. The van der Waals surface area contributed by atoms with Crippen molar-refractivity contribution in [2.45, 2.75) is 13.8 Å². The molecule has 1 heterocycles. The van der Waals surface area contributed by atoms with Gasteiger partial charge in [-0.1, -0.05) is 18.2 Å². The summed E-state index contributed by atoms with van der Waals surface area (Å²) in [6.07, 6.45) is 2.83. The number of nitrogens with one attached hydrogen (secondary N) is 1. The van der Waals surface area contributed by atoms with Gasteiger partial charge in [0.1, 0.15) is 5.75 Å². The van der Waals surface area contributed by atoms with E-state index in [4.69, 9.17) is 9.47 Å². The molecular formula is C18H21N3O4. The van der Waals surface area contributed by atoms with Gasteiger partial charge in [-0.25, -0.2) is 4.79 Å². The Hall–Kier alpha value is -3.09. The first-order valence-electron chi connectivity index (χ1n) is 7.70. The summed E-state index contributed by atoms with van der Waals surface area (Å²) in [5.41, 5.74) is 2.91. The monoisotopic (exact) mass is 343 g/mol. The van der Waals surface area contributed by atoms with Gasteiger partial charge in [-0.2, -0.15) is 5.10 Å². The van der Waals surface area contributed by atoms with Crippen LogP contribution in [0.5, 0.6) is 5.75 Å². The molecule has 0 saturated heterocycles. The van der Waals surface area contributed by atoms with Crippen molar-refractivity contribution in [3.8, 4) is 5.75 Å². The van der Waals surface area contributed by atoms with Crippen LogP contribution in [0.25, 0.3) is 6.08 Å². The lowest BCUT2D eigenvalue weighted by Gasteiger charge is -2.06. The first-order valence-corrected chi connectivity index (χ1v) is 7.70. The molecule has 2 aromatic rings. The summed E-state index contributed by atoms with van der Waals surface area (Å²) < 4.78 is 11.8. The van der Waals surface area contributed by atoms with Crippen LogP contribution < -0.4 is 10.1 Å². The van der Waals surface area contributed by atoms with Gasteiger partial charge < -0.3 is 14.8 Å². The van der Waals surface area contributed by atoms with E-state index in [0.717, 1.165) is 11.3 Å². The van der Waals surface area contributed by atoms with Gasteiger partial charge in [0.15, 0.2) is 6.61 Å². The zero-order valence-corrected chi connectivity index (χ0v) is 14.7. The van der Waals surface area contributed by atoms with Crippen LogP contribution in [0.2, 0.25) is 0 Å². The molecule has 1 aromatic carbocycles. The Morgan fingerprint density at radius 3 is 2.64 bits per heavy atom. The van der Waals surface area contributed by atoms with Crippen LogP contribution in [-0.2, 0) is 21.4 Å². The summed E-state index contributed by atoms with van der Waals surface area (Å²) in [6.45, 7) is 3.27. The van der Waals surface area contributed by atoms with E-state index < -0.39 is 11.9 Å². The van der Waals surface area contributed by atoms with Crippen LogP contribution in [0.15, 0.2) is 30.3 Å². The van der Waals surface area contributed by atoms with E-state index in [9.17, 15) is 9.59 Å². The number of aromatic nitrogens is 2. The van der Waals surface area contributed by atoms with Crippen molar-refractivity contribution in [2.24, 2.45) is 7.05 Å². The van der Waals surface area contributed by atoms with Crippen molar-refractivity contribution in [3.63, 3.8) is 0 Å². The average molecular weight is 343 g/mol. The van der Waals surface area contributed by atoms with Crippen molar-refractivity contribution in [1.29, 1.82) is 0 Å². The van der Waals surface area contributed by atoms with E-state index in [1.54, 1.807) is 37.9 Å². The predicted octanol–water partition coefficient (Wildman–Crippen LogP) is 2.24. The molecule has 25 heavy (non-hydrogen) atoms. The molecular weight excluding hydrogens is 322 g/mol. The predicted molar refractivity (Wildman–Crippen MR) is 94.3 cm³/mol. The third kappa shape index (κ3) is 4.69. The largest absolute Gasteiger partial charge is 0.496 e. The summed E-state index contributed by atoms with van der Waals surface area (Å²) in [5, 5.41) is 6.91. The van der Waals surface area contributed by atoms with Gasteiger partial charge in [0.25, 0.3) is 5.91 Å². The molecule has 0 aliphatic rings. The fraction of sp³-hybridized carbons (Fsp3) is 0.278. The normalized spacial score (nSPS) is 10.7. The molecule has 132 valence electrons. The van der Waals surface area contributed by atoms with Crippen molar-refractivity contribution in [3.05, 3.63) is 47.3 Å². The Morgan fingerprint density at radius 2 is 2.00 bits per heavy atom. The molecule has 1 amide bonds. The van der Waals surface area contributed by atoms with Gasteiger partial charge in [0.05, 0.1) is 24.2 Å². The number of rotatable bonds is 6. The maximum Gasteiger partial charge on any atom is 0.331 e. The smallest absolute Gasteiger partial charge is 0.331 e. The molecule has 1 N–H and O–H groups in total. The molecule has 1 aromatic heterocycles. The van der Waals surface area contributed by atoms with E-state index in [1.807, 2.05) is 25.1 Å². The van der Waals surface area contributed by atoms with Crippen LogP contribution in [-0.4, -0.2) is 35.4 Å². The first-order chi connectivity index (χ1) is 11.9. The van der Waals surface area contributed by atoms with Gasteiger partial charge in [0.2, 0.25) is 0 Å². The number of hydrogen-bond donors (Lipinski definition) is 1. The van der Waals surface area contributed by atoms with Crippen LogP contribution >= 0.6 is 0 Å². The average Bonchev–Trinajstić information content (AvgIpc) is 2.84. The zero-order valence-electron chi connectivity index (χ0n) is 14.7.